The van der Waals surface area contributed by atoms with E-state index in [-0.39, 0.29) is 5.69 Å². The molecule has 1 aliphatic rings. The predicted molar refractivity (Wildman–Crippen MR) is 86.4 cm³/mol. The Morgan fingerprint density at radius 3 is 2.38 bits per heavy atom. The summed E-state index contributed by atoms with van der Waals surface area (Å²) in [6.07, 6.45) is -5.26. The number of amides is 1. The Morgan fingerprint density at radius 1 is 1.21 bits per heavy atom. The maximum Gasteiger partial charge on any atom is 0.416 e. The molecule has 0 spiro atoms. The molecule has 8 heteroatoms. The van der Waals surface area contributed by atoms with Gasteiger partial charge in [0.25, 0.3) is 0 Å². The van der Waals surface area contributed by atoms with E-state index in [9.17, 15) is 18.0 Å². The van der Waals surface area contributed by atoms with E-state index in [1.807, 2.05) is 4.90 Å². The Bertz CT molecular complexity index is 591. The predicted octanol–water partition coefficient (Wildman–Crippen LogP) is 3.46. The van der Waals surface area contributed by atoms with Crippen molar-refractivity contribution in [2.45, 2.75) is 32.5 Å². The summed E-state index contributed by atoms with van der Waals surface area (Å²) < 4.78 is 44.1. The van der Waals surface area contributed by atoms with Gasteiger partial charge in [-0.2, -0.15) is 13.2 Å². The lowest BCUT2D eigenvalue weighted by molar-refractivity contribution is -0.137. The minimum absolute atomic E-state index is 0.0981. The lowest BCUT2D eigenvalue weighted by Crippen LogP contribution is -2.44. The molecule has 1 fully saturated rings. The van der Waals surface area contributed by atoms with Crippen LogP contribution in [0.25, 0.3) is 0 Å². The van der Waals surface area contributed by atoms with Gasteiger partial charge in [0.1, 0.15) is 5.60 Å². The number of benzene rings is 1. The zero-order chi connectivity index (χ0) is 18.0. The van der Waals surface area contributed by atoms with Crippen LogP contribution in [0.2, 0.25) is 0 Å². The fourth-order valence-electron chi connectivity index (χ4n) is 2.41. The van der Waals surface area contributed by atoms with Crippen molar-refractivity contribution >= 4 is 17.5 Å². The van der Waals surface area contributed by atoms with Crippen LogP contribution in [-0.2, 0) is 10.9 Å². The summed E-state index contributed by atoms with van der Waals surface area (Å²) in [5, 5.41) is 5.63. The van der Waals surface area contributed by atoms with Crippen LogP contribution in [0.1, 0.15) is 26.3 Å². The van der Waals surface area contributed by atoms with E-state index in [4.69, 9.17) is 4.74 Å². The number of nitrogens with one attached hydrogen (secondary N) is 2. The highest BCUT2D eigenvalue weighted by Gasteiger charge is 2.32. The van der Waals surface area contributed by atoms with Crippen LogP contribution in [0.15, 0.2) is 18.2 Å². The van der Waals surface area contributed by atoms with Crippen molar-refractivity contribution in [2.75, 3.05) is 36.4 Å². The van der Waals surface area contributed by atoms with Crippen LogP contribution in [0.4, 0.5) is 29.3 Å². The van der Waals surface area contributed by atoms with E-state index < -0.39 is 23.4 Å². The minimum atomic E-state index is -4.48. The Kier molecular flexibility index (Phi) is 5.27. The van der Waals surface area contributed by atoms with Gasteiger partial charge >= 0.3 is 12.3 Å². The highest BCUT2D eigenvalue weighted by atomic mass is 19.4. The van der Waals surface area contributed by atoms with Crippen molar-refractivity contribution in [1.29, 1.82) is 0 Å². The average Bonchev–Trinajstić information content (AvgIpc) is 2.45. The highest BCUT2D eigenvalue weighted by Crippen LogP contribution is 2.35. The third kappa shape index (κ3) is 5.02. The molecule has 1 heterocycles. The molecule has 0 aliphatic carbocycles. The Morgan fingerprint density at radius 2 is 1.83 bits per heavy atom. The summed E-state index contributed by atoms with van der Waals surface area (Å²) in [6.45, 7) is 7.82. The molecule has 5 nitrogen and oxygen atoms in total. The van der Waals surface area contributed by atoms with Crippen LogP contribution in [-0.4, -0.2) is 37.9 Å². The van der Waals surface area contributed by atoms with E-state index in [0.29, 0.717) is 18.8 Å². The van der Waals surface area contributed by atoms with Gasteiger partial charge in [-0.25, -0.2) is 4.79 Å². The standard InChI is InChI=1S/C16H22F3N3O2/c1-15(2,3)24-14(23)21-12-10-11(16(17,18)19)4-5-13(12)22-8-6-20-7-9-22/h4-5,10,20H,6-9H2,1-3H3,(H,21,23). The van der Waals surface area contributed by atoms with E-state index in [1.54, 1.807) is 20.8 Å². The summed E-state index contributed by atoms with van der Waals surface area (Å²) in [5.41, 5.74) is -0.898. The third-order valence-electron chi connectivity index (χ3n) is 3.42. The molecule has 1 aromatic rings. The first kappa shape index (κ1) is 18.4. The van der Waals surface area contributed by atoms with Crippen molar-refractivity contribution in [2.24, 2.45) is 0 Å². The van der Waals surface area contributed by atoms with Crippen LogP contribution >= 0.6 is 0 Å². The number of hydrogen-bond acceptors (Lipinski definition) is 4. The molecule has 2 N–H and O–H groups in total. The maximum atomic E-state index is 13.0. The average molecular weight is 345 g/mol. The normalized spacial score (nSPS) is 16.0. The quantitative estimate of drug-likeness (QED) is 0.862. The van der Waals surface area contributed by atoms with Gasteiger partial charge < -0.3 is 15.0 Å². The molecule has 0 unspecified atom stereocenters. The molecule has 0 radical (unpaired) electrons. The number of alkyl halides is 3. The van der Waals surface area contributed by atoms with Crippen LogP contribution in [0, 0.1) is 0 Å². The first-order chi connectivity index (χ1) is 11.1. The Hall–Kier alpha value is -1.96. The summed E-state index contributed by atoms with van der Waals surface area (Å²) in [5.74, 6) is 0. The number of halogens is 3. The monoisotopic (exact) mass is 345 g/mol. The number of ether oxygens (including phenoxy) is 1. The largest absolute Gasteiger partial charge is 0.444 e. The fraction of sp³-hybridized carbons (Fsp3) is 0.562. The molecular formula is C16H22F3N3O2. The molecule has 1 aliphatic heterocycles. The first-order valence-electron chi connectivity index (χ1n) is 7.73. The van der Waals surface area contributed by atoms with Gasteiger partial charge in [0.05, 0.1) is 16.9 Å². The van der Waals surface area contributed by atoms with Gasteiger partial charge in [-0.1, -0.05) is 0 Å². The van der Waals surface area contributed by atoms with Gasteiger partial charge in [-0.05, 0) is 39.0 Å². The third-order valence-corrected chi connectivity index (χ3v) is 3.42. The van der Waals surface area contributed by atoms with Crippen molar-refractivity contribution in [3.05, 3.63) is 23.8 Å². The fourth-order valence-corrected chi connectivity index (χ4v) is 2.41. The highest BCUT2D eigenvalue weighted by molar-refractivity contribution is 5.90. The second-order valence-corrected chi connectivity index (χ2v) is 6.59. The molecule has 1 amide bonds. The van der Waals surface area contributed by atoms with E-state index >= 15 is 0 Å². The molecule has 1 aromatic carbocycles. The summed E-state index contributed by atoms with van der Waals surface area (Å²) in [4.78, 5) is 13.9. The van der Waals surface area contributed by atoms with Gasteiger partial charge in [-0.3, -0.25) is 5.32 Å². The number of carbonyl (C=O) groups is 1. The van der Waals surface area contributed by atoms with Gasteiger partial charge in [0, 0.05) is 26.2 Å². The van der Waals surface area contributed by atoms with Crippen molar-refractivity contribution in [3.63, 3.8) is 0 Å². The molecule has 24 heavy (non-hydrogen) atoms. The second kappa shape index (κ2) is 6.88. The molecule has 134 valence electrons. The van der Waals surface area contributed by atoms with Crippen molar-refractivity contribution in [3.8, 4) is 0 Å². The molecule has 0 aromatic heterocycles. The number of piperazine rings is 1. The molecular weight excluding hydrogens is 323 g/mol. The Labute approximate surface area is 139 Å². The van der Waals surface area contributed by atoms with Crippen molar-refractivity contribution in [1.82, 2.24) is 5.32 Å². The number of nitrogens with zero attached hydrogens (tertiary/aromatic N) is 1. The van der Waals surface area contributed by atoms with Crippen LogP contribution in [0.5, 0.6) is 0 Å². The number of rotatable bonds is 2. The number of carbonyl (C=O) groups excluding carboxylic acids is 1. The summed E-state index contributed by atoms with van der Waals surface area (Å²) in [6, 6.07) is 3.36. The first-order valence-corrected chi connectivity index (χ1v) is 7.73. The maximum absolute atomic E-state index is 13.0. The van der Waals surface area contributed by atoms with E-state index in [1.165, 1.54) is 6.07 Å². The molecule has 2 rings (SSSR count). The lowest BCUT2D eigenvalue weighted by Gasteiger charge is -2.31. The number of hydrogen-bond donors (Lipinski definition) is 2. The molecule has 0 saturated carbocycles. The van der Waals surface area contributed by atoms with Gasteiger partial charge in [0.2, 0.25) is 0 Å². The van der Waals surface area contributed by atoms with E-state index in [0.717, 1.165) is 25.2 Å². The minimum Gasteiger partial charge on any atom is -0.444 e. The molecule has 1 saturated heterocycles. The zero-order valence-corrected chi connectivity index (χ0v) is 14.0. The van der Waals surface area contributed by atoms with Crippen LogP contribution < -0.4 is 15.5 Å². The molecule has 0 bridgehead atoms. The topological polar surface area (TPSA) is 53.6 Å². The SMILES string of the molecule is CC(C)(C)OC(=O)Nc1cc(C(F)(F)F)ccc1N1CCNCC1. The van der Waals surface area contributed by atoms with Gasteiger partial charge in [0.15, 0.2) is 0 Å². The van der Waals surface area contributed by atoms with Crippen LogP contribution in [0.3, 0.4) is 0 Å². The Balaban J connectivity index is 2.30. The summed E-state index contributed by atoms with van der Waals surface area (Å²) >= 11 is 0. The lowest BCUT2D eigenvalue weighted by atomic mass is 10.1. The van der Waals surface area contributed by atoms with E-state index in [2.05, 4.69) is 10.6 Å². The molecule has 0 atom stereocenters. The zero-order valence-electron chi connectivity index (χ0n) is 14.0. The smallest absolute Gasteiger partial charge is 0.416 e. The number of anilines is 2. The summed E-state index contributed by atoms with van der Waals surface area (Å²) in [7, 11) is 0. The van der Waals surface area contributed by atoms with Gasteiger partial charge in [-0.15, -0.1) is 0 Å². The second-order valence-electron chi connectivity index (χ2n) is 6.59. The van der Waals surface area contributed by atoms with Crippen molar-refractivity contribution < 1.29 is 22.7 Å².